The number of nitrogens with one attached hydrogen (secondary N) is 1. The van der Waals surface area contributed by atoms with Crippen LogP contribution in [0.4, 0.5) is 11.4 Å². The summed E-state index contributed by atoms with van der Waals surface area (Å²) in [5, 5.41) is 2.94. The summed E-state index contributed by atoms with van der Waals surface area (Å²) >= 11 is 0. The van der Waals surface area contributed by atoms with Crippen LogP contribution in [0.2, 0.25) is 0 Å². The molecule has 0 spiro atoms. The van der Waals surface area contributed by atoms with Crippen LogP contribution < -0.4 is 10.2 Å². The maximum atomic E-state index is 12.2. The van der Waals surface area contributed by atoms with E-state index in [0.29, 0.717) is 0 Å². The first-order chi connectivity index (χ1) is 11.7. The van der Waals surface area contributed by atoms with Crippen LogP contribution >= 0.6 is 0 Å². The van der Waals surface area contributed by atoms with Crippen LogP contribution in [0, 0.1) is 0 Å². The Kier molecular flexibility index (Phi) is 5.32. The molecule has 0 bridgehead atoms. The van der Waals surface area contributed by atoms with Gasteiger partial charge in [0, 0.05) is 30.5 Å². The van der Waals surface area contributed by atoms with Gasteiger partial charge in [-0.1, -0.05) is 30.3 Å². The van der Waals surface area contributed by atoms with Crippen molar-refractivity contribution in [3.63, 3.8) is 0 Å². The number of carbonyl (C=O) groups is 1. The maximum Gasteiger partial charge on any atom is 0.248 e. The molecule has 0 radical (unpaired) electrons. The van der Waals surface area contributed by atoms with Crippen molar-refractivity contribution in [2.75, 3.05) is 23.3 Å². The summed E-state index contributed by atoms with van der Waals surface area (Å²) in [6, 6.07) is 18.1. The Balaban J connectivity index is 1.62. The summed E-state index contributed by atoms with van der Waals surface area (Å²) in [6.45, 7) is 4.21. The van der Waals surface area contributed by atoms with Gasteiger partial charge in [-0.25, -0.2) is 0 Å². The lowest BCUT2D eigenvalue weighted by atomic mass is 10.1. The summed E-state index contributed by atoms with van der Waals surface area (Å²) in [6.07, 6.45) is 5.51. The fraction of sp³-hybridized carbons (Fsp3) is 0.286. The molecule has 124 valence electrons. The molecule has 2 aromatic rings. The normalized spacial score (nSPS) is 15.2. The van der Waals surface area contributed by atoms with Crippen molar-refractivity contribution in [3.8, 4) is 0 Å². The summed E-state index contributed by atoms with van der Waals surface area (Å²) in [7, 11) is 0. The van der Waals surface area contributed by atoms with Crippen molar-refractivity contribution in [1.82, 2.24) is 0 Å². The predicted octanol–water partition coefficient (Wildman–Crippen LogP) is 4.72. The molecule has 24 heavy (non-hydrogen) atoms. The van der Waals surface area contributed by atoms with Gasteiger partial charge in [-0.15, -0.1) is 0 Å². The minimum absolute atomic E-state index is 0.0953. The molecule has 0 aliphatic carbocycles. The monoisotopic (exact) mass is 320 g/mol. The second-order valence-electron chi connectivity index (χ2n) is 6.28. The minimum atomic E-state index is -0.0953. The zero-order valence-corrected chi connectivity index (χ0v) is 14.2. The third kappa shape index (κ3) is 4.25. The lowest BCUT2D eigenvalue weighted by Gasteiger charge is -2.28. The molecule has 1 fully saturated rings. The molecule has 3 heteroatoms. The highest BCUT2D eigenvalue weighted by Crippen LogP contribution is 2.22. The third-order valence-corrected chi connectivity index (χ3v) is 4.43. The molecule has 2 aromatic carbocycles. The summed E-state index contributed by atoms with van der Waals surface area (Å²) in [5.41, 5.74) is 4.09. The number of rotatable bonds is 4. The van der Waals surface area contributed by atoms with E-state index >= 15 is 0 Å². The van der Waals surface area contributed by atoms with Crippen LogP contribution in [0.5, 0.6) is 0 Å². The van der Waals surface area contributed by atoms with Gasteiger partial charge in [-0.05, 0) is 61.6 Å². The topological polar surface area (TPSA) is 32.3 Å². The van der Waals surface area contributed by atoms with Crippen LogP contribution in [0.3, 0.4) is 0 Å². The van der Waals surface area contributed by atoms with E-state index in [1.165, 1.54) is 24.9 Å². The smallest absolute Gasteiger partial charge is 0.248 e. The standard InChI is InChI=1S/C21H24N2O/c1-17(18-8-4-2-5-9-18)16-21(24)22-19-10-12-20(13-11-19)23-14-6-3-7-15-23/h2,4-5,8-13,16H,3,6-7,14-15H2,1H3,(H,22,24)/b17-16-. The van der Waals surface area contributed by atoms with Gasteiger partial charge in [-0.2, -0.15) is 0 Å². The van der Waals surface area contributed by atoms with E-state index in [1.807, 2.05) is 49.4 Å². The van der Waals surface area contributed by atoms with Crippen molar-refractivity contribution < 1.29 is 4.79 Å². The van der Waals surface area contributed by atoms with Gasteiger partial charge < -0.3 is 10.2 Å². The first kappa shape index (κ1) is 16.3. The van der Waals surface area contributed by atoms with Gasteiger partial charge in [0.25, 0.3) is 0 Å². The van der Waals surface area contributed by atoms with Gasteiger partial charge in [0.2, 0.25) is 5.91 Å². The zero-order valence-electron chi connectivity index (χ0n) is 14.2. The van der Waals surface area contributed by atoms with E-state index in [1.54, 1.807) is 6.08 Å². The highest BCUT2D eigenvalue weighted by Gasteiger charge is 2.10. The second kappa shape index (κ2) is 7.82. The van der Waals surface area contributed by atoms with Gasteiger partial charge in [0.15, 0.2) is 0 Å². The molecule has 1 aliphatic rings. The van der Waals surface area contributed by atoms with Crippen molar-refractivity contribution in [2.45, 2.75) is 26.2 Å². The van der Waals surface area contributed by atoms with Crippen LogP contribution in [-0.2, 0) is 4.79 Å². The molecule has 1 aliphatic heterocycles. The minimum Gasteiger partial charge on any atom is -0.372 e. The lowest BCUT2D eigenvalue weighted by Crippen LogP contribution is -2.29. The first-order valence-corrected chi connectivity index (χ1v) is 8.62. The quantitative estimate of drug-likeness (QED) is 0.827. The Hall–Kier alpha value is -2.55. The summed E-state index contributed by atoms with van der Waals surface area (Å²) < 4.78 is 0. The molecular formula is C21H24N2O. The number of nitrogens with zero attached hydrogens (tertiary/aromatic N) is 1. The molecule has 1 amide bonds. The van der Waals surface area contributed by atoms with Gasteiger partial charge >= 0.3 is 0 Å². The number of carbonyl (C=O) groups excluding carboxylic acids is 1. The molecule has 0 atom stereocenters. The molecule has 1 saturated heterocycles. The number of piperidine rings is 1. The fourth-order valence-electron chi connectivity index (χ4n) is 3.07. The third-order valence-electron chi connectivity index (χ3n) is 4.43. The zero-order chi connectivity index (χ0) is 16.8. The fourth-order valence-corrected chi connectivity index (χ4v) is 3.07. The van der Waals surface area contributed by atoms with Crippen molar-refractivity contribution in [3.05, 3.63) is 66.2 Å². The molecular weight excluding hydrogens is 296 g/mol. The van der Waals surface area contributed by atoms with Crippen LogP contribution in [0.25, 0.3) is 5.57 Å². The van der Waals surface area contributed by atoms with Crippen molar-refractivity contribution >= 4 is 22.9 Å². The van der Waals surface area contributed by atoms with Crippen molar-refractivity contribution in [2.24, 2.45) is 0 Å². The molecule has 1 N–H and O–H groups in total. The van der Waals surface area contributed by atoms with Crippen molar-refractivity contribution in [1.29, 1.82) is 0 Å². The lowest BCUT2D eigenvalue weighted by molar-refractivity contribution is -0.111. The Bertz CT molecular complexity index is 698. The maximum absolute atomic E-state index is 12.2. The molecule has 3 nitrogen and oxygen atoms in total. The number of hydrogen-bond acceptors (Lipinski definition) is 2. The van der Waals surface area contributed by atoms with E-state index in [2.05, 4.69) is 22.3 Å². The van der Waals surface area contributed by atoms with Gasteiger partial charge in [0.05, 0.1) is 0 Å². The average molecular weight is 320 g/mol. The number of hydrogen-bond donors (Lipinski definition) is 1. The molecule has 3 rings (SSSR count). The summed E-state index contributed by atoms with van der Waals surface area (Å²) in [5.74, 6) is -0.0953. The van der Waals surface area contributed by atoms with E-state index in [0.717, 1.165) is 29.9 Å². The van der Waals surface area contributed by atoms with E-state index in [4.69, 9.17) is 0 Å². The first-order valence-electron chi connectivity index (χ1n) is 8.62. The highest BCUT2D eigenvalue weighted by molar-refractivity contribution is 6.03. The molecule has 1 heterocycles. The average Bonchev–Trinajstić information content (AvgIpc) is 2.64. The second-order valence-corrected chi connectivity index (χ2v) is 6.28. The van der Waals surface area contributed by atoms with E-state index in [9.17, 15) is 4.79 Å². The summed E-state index contributed by atoms with van der Waals surface area (Å²) in [4.78, 5) is 14.6. The largest absolute Gasteiger partial charge is 0.372 e. The Morgan fingerprint density at radius 1 is 0.958 bits per heavy atom. The van der Waals surface area contributed by atoms with E-state index in [-0.39, 0.29) is 5.91 Å². The number of anilines is 2. The Morgan fingerprint density at radius 3 is 2.29 bits per heavy atom. The number of allylic oxidation sites excluding steroid dienone is 1. The van der Waals surface area contributed by atoms with Gasteiger partial charge in [0.1, 0.15) is 0 Å². The molecule has 0 unspecified atom stereocenters. The van der Waals surface area contributed by atoms with Crippen LogP contribution in [-0.4, -0.2) is 19.0 Å². The highest BCUT2D eigenvalue weighted by atomic mass is 16.1. The van der Waals surface area contributed by atoms with E-state index < -0.39 is 0 Å². The predicted molar refractivity (Wildman–Crippen MR) is 101 cm³/mol. The Labute approximate surface area is 144 Å². The Morgan fingerprint density at radius 2 is 1.62 bits per heavy atom. The van der Waals surface area contributed by atoms with Crippen LogP contribution in [0.1, 0.15) is 31.7 Å². The molecule has 0 aromatic heterocycles. The van der Waals surface area contributed by atoms with Gasteiger partial charge in [-0.3, -0.25) is 4.79 Å². The SMILES string of the molecule is C/C(=C/C(=O)Nc1ccc(N2CCCCC2)cc1)c1ccccc1. The molecule has 0 saturated carbocycles. The van der Waals surface area contributed by atoms with Crippen LogP contribution in [0.15, 0.2) is 60.7 Å². The number of benzene rings is 2. The number of amides is 1.